The quantitative estimate of drug-likeness (QED) is 0.616. The lowest BCUT2D eigenvalue weighted by Crippen LogP contribution is -2.42. The van der Waals surface area contributed by atoms with Crippen molar-refractivity contribution in [2.75, 3.05) is 51.2 Å². The van der Waals surface area contributed by atoms with Crippen LogP contribution in [0, 0.1) is 0 Å². The van der Waals surface area contributed by atoms with Crippen molar-refractivity contribution in [3.05, 3.63) is 38.5 Å². The van der Waals surface area contributed by atoms with Crippen molar-refractivity contribution in [2.24, 2.45) is 0 Å². The van der Waals surface area contributed by atoms with E-state index >= 15 is 0 Å². The number of ether oxygens (including phenoxy) is 4. The molecule has 0 radical (unpaired) electrons. The number of nitrogen functional groups attached to an aromatic ring is 1. The zero-order valence-corrected chi connectivity index (χ0v) is 17.7. The van der Waals surface area contributed by atoms with Gasteiger partial charge in [0, 0.05) is 25.8 Å². The zero-order valence-electron chi connectivity index (χ0n) is 17.7. The normalized spacial score (nSPS) is 12.5. The topological polar surface area (TPSA) is 138 Å². The van der Waals surface area contributed by atoms with E-state index < -0.39 is 17.2 Å². The predicted molar refractivity (Wildman–Crippen MR) is 114 cm³/mol. The second-order valence-electron chi connectivity index (χ2n) is 6.80. The fourth-order valence-electron chi connectivity index (χ4n) is 3.33. The Morgan fingerprint density at radius 2 is 2.00 bits per heavy atom. The molecule has 0 atom stereocenters. The molecule has 0 spiro atoms. The number of H-pyrrole nitrogens is 1. The molecule has 0 saturated heterocycles. The van der Waals surface area contributed by atoms with Crippen LogP contribution in [0.4, 0.5) is 11.5 Å². The van der Waals surface area contributed by atoms with Crippen molar-refractivity contribution in [3.8, 4) is 17.2 Å². The first kappa shape index (κ1) is 22.2. The summed E-state index contributed by atoms with van der Waals surface area (Å²) in [5.74, 6) is 0.460. The number of nitrogens with two attached hydrogens (primary N) is 1. The Bertz CT molecular complexity index is 1060. The lowest BCUT2D eigenvalue weighted by Gasteiger charge is -2.26. The third kappa shape index (κ3) is 4.36. The van der Waals surface area contributed by atoms with Gasteiger partial charge in [-0.1, -0.05) is 6.92 Å². The number of nitrogens with zero attached hydrogens (tertiary/aromatic N) is 2. The molecule has 1 aromatic heterocycles. The highest BCUT2D eigenvalue weighted by molar-refractivity contribution is 6.08. The molecule has 168 valence electrons. The number of carbonyl (C=O) groups is 1. The van der Waals surface area contributed by atoms with E-state index in [4.69, 9.17) is 24.7 Å². The van der Waals surface area contributed by atoms with E-state index in [-0.39, 0.29) is 30.2 Å². The van der Waals surface area contributed by atoms with Crippen molar-refractivity contribution in [1.82, 2.24) is 9.55 Å². The van der Waals surface area contributed by atoms with Crippen LogP contribution in [0.1, 0.15) is 23.7 Å². The minimum absolute atomic E-state index is 0.0314. The largest absolute Gasteiger partial charge is 0.493 e. The van der Waals surface area contributed by atoms with Crippen LogP contribution in [0.15, 0.2) is 21.7 Å². The fourth-order valence-corrected chi connectivity index (χ4v) is 3.33. The summed E-state index contributed by atoms with van der Waals surface area (Å²) in [5.41, 5.74) is 4.85. The lowest BCUT2D eigenvalue weighted by molar-refractivity contribution is 0.0973. The van der Waals surface area contributed by atoms with Gasteiger partial charge in [0.2, 0.25) is 5.75 Å². The van der Waals surface area contributed by atoms with E-state index in [0.717, 1.165) is 0 Å². The summed E-state index contributed by atoms with van der Waals surface area (Å²) < 4.78 is 22.9. The zero-order chi connectivity index (χ0) is 22.5. The molecular weight excluding hydrogens is 408 g/mol. The Balaban J connectivity index is 2.13. The number of hydrogen-bond donors (Lipinski definition) is 2. The number of hydrogen-bond acceptors (Lipinski definition) is 8. The van der Waals surface area contributed by atoms with E-state index in [1.54, 1.807) is 0 Å². The molecule has 1 aliphatic heterocycles. The molecule has 11 heteroatoms. The van der Waals surface area contributed by atoms with Gasteiger partial charge in [0.05, 0.1) is 13.7 Å². The van der Waals surface area contributed by atoms with E-state index in [9.17, 15) is 14.4 Å². The molecule has 1 amide bonds. The smallest absolute Gasteiger partial charge is 0.330 e. The molecule has 0 bridgehead atoms. The average molecular weight is 434 g/mol. The van der Waals surface area contributed by atoms with Gasteiger partial charge in [0.25, 0.3) is 11.5 Å². The molecule has 2 aromatic rings. The molecule has 3 rings (SSSR count). The molecule has 2 heterocycles. The average Bonchev–Trinajstić information content (AvgIpc) is 2.77. The Morgan fingerprint density at radius 1 is 1.26 bits per heavy atom. The van der Waals surface area contributed by atoms with E-state index in [1.165, 1.54) is 35.8 Å². The van der Waals surface area contributed by atoms with Crippen molar-refractivity contribution in [3.63, 3.8) is 0 Å². The maximum absolute atomic E-state index is 13.5. The molecule has 0 aliphatic carbocycles. The lowest BCUT2D eigenvalue weighted by atomic mass is 10.1. The Morgan fingerprint density at radius 3 is 2.68 bits per heavy atom. The van der Waals surface area contributed by atoms with Crippen LogP contribution in [0.25, 0.3) is 0 Å². The third-order valence-corrected chi connectivity index (χ3v) is 4.77. The maximum Gasteiger partial charge on any atom is 0.330 e. The second-order valence-corrected chi connectivity index (χ2v) is 6.80. The molecule has 1 aliphatic rings. The van der Waals surface area contributed by atoms with Gasteiger partial charge >= 0.3 is 5.69 Å². The number of aromatic amines is 1. The van der Waals surface area contributed by atoms with Crippen LogP contribution in [0.3, 0.4) is 0 Å². The maximum atomic E-state index is 13.5. The van der Waals surface area contributed by atoms with Crippen molar-refractivity contribution >= 4 is 17.4 Å². The standard InChI is InChI=1S/C20H26N4O7/c1-4-5-24-17(21)15(18(25)22-20(24)27)23(6-7-28-2)19(26)12-10-13(29-3)16-14(11-12)30-8-9-31-16/h10-11H,4-9,21H2,1-3H3,(H,22,25,27). The van der Waals surface area contributed by atoms with Gasteiger partial charge in [-0.2, -0.15) is 0 Å². The molecular formula is C20H26N4O7. The first-order valence-corrected chi connectivity index (χ1v) is 9.83. The molecule has 0 fully saturated rings. The summed E-state index contributed by atoms with van der Waals surface area (Å²) >= 11 is 0. The molecule has 11 nitrogen and oxygen atoms in total. The molecule has 0 unspecified atom stereocenters. The van der Waals surface area contributed by atoms with Crippen molar-refractivity contribution in [1.29, 1.82) is 0 Å². The van der Waals surface area contributed by atoms with E-state index in [1.807, 2.05) is 6.92 Å². The molecule has 31 heavy (non-hydrogen) atoms. The highest BCUT2D eigenvalue weighted by atomic mass is 16.6. The van der Waals surface area contributed by atoms with Crippen LogP contribution in [0.2, 0.25) is 0 Å². The molecule has 3 N–H and O–H groups in total. The van der Waals surface area contributed by atoms with Crippen molar-refractivity contribution < 1.29 is 23.7 Å². The number of nitrogens with one attached hydrogen (secondary N) is 1. The SMILES string of the molecule is CCCn1c(N)c(N(CCOC)C(=O)c2cc(OC)c3c(c2)OCCO3)c(=O)[nH]c1=O. The number of benzene rings is 1. The van der Waals surface area contributed by atoms with Crippen LogP contribution in [0.5, 0.6) is 17.2 Å². The van der Waals surface area contributed by atoms with Gasteiger partial charge in [0.1, 0.15) is 19.0 Å². The first-order chi connectivity index (χ1) is 14.9. The number of methoxy groups -OCH3 is 2. The molecule has 1 aromatic carbocycles. The minimum Gasteiger partial charge on any atom is -0.493 e. The van der Waals surface area contributed by atoms with Crippen LogP contribution < -0.4 is 36.1 Å². The van der Waals surface area contributed by atoms with Crippen LogP contribution >= 0.6 is 0 Å². The predicted octanol–water partition coefficient (Wildman–Crippen LogP) is 0.602. The summed E-state index contributed by atoms with van der Waals surface area (Å²) in [4.78, 5) is 41.7. The summed E-state index contributed by atoms with van der Waals surface area (Å²) in [5, 5.41) is 0. The van der Waals surface area contributed by atoms with Gasteiger partial charge in [0.15, 0.2) is 17.2 Å². The van der Waals surface area contributed by atoms with Gasteiger partial charge in [-0.25, -0.2) is 4.79 Å². The highest BCUT2D eigenvalue weighted by Gasteiger charge is 2.28. The van der Waals surface area contributed by atoms with Gasteiger partial charge in [-0.05, 0) is 18.6 Å². The van der Waals surface area contributed by atoms with Gasteiger partial charge < -0.3 is 24.7 Å². The number of fused-ring (bicyclic) bond motifs is 1. The third-order valence-electron chi connectivity index (χ3n) is 4.77. The Hall–Kier alpha value is -3.47. The fraction of sp³-hybridized carbons (Fsp3) is 0.450. The monoisotopic (exact) mass is 434 g/mol. The summed E-state index contributed by atoms with van der Waals surface area (Å²) in [6.07, 6.45) is 0.612. The van der Waals surface area contributed by atoms with E-state index in [2.05, 4.69) is 4.98 Å². The van der Waals surface area contributed by atoms with Gasteiger partial charge in [-0.3, -0.25) is 24.0 Å². The Kier molecular flexibility index (Phi) is 6.85. The Labute approximate surface area is 178 Å². The number of amides is 1. The summed E-state index contributed by atoms with van der Waals surface area (Å²) in [7, 11) is 2.93. The molecule has 0 saturated carbocycles. The summed E-state index contributed by atoms with van der Waals surface area (Å²) in [6, 6.07) is 3.02. The van der Waals surface area contributed by atoms with E-state index in [0.29, 0.717) is 43.4 Å². The van der Waals surface area contributed by atoms with Crippen LogP contribution in [-0.4, -0.2) is 56.0 Å². The van der Waals surface area contributed by atoms with Crippen LogP contribution in [-0.2, 0) is 11.3 Å². The minimum atomic E-state index is -0.760. The first-order valence-electron chi connectivity index (χ1n) is 9.83. The van der Waals surface area contributed by atoms with Gasteiger partial charge in [-0.15, -0.1) is 0 Å². The summed E-state index contributed by atoms with van der Waals surface area (Å²) in [6.45, 7) is 3.02. The number of anilines is 2. The second kappa shape index (κ2) is 9.56. The number of rotatable bonds is 8. The number of aromatic nitrogens is 2. The highest BCUT2D eigenvalue weighted by Crippen LogP contribution is 2.40. The van der Waals surface area contributed by atoms with Crippen molar-refractivity contribution in [2.45, 2.75) is 19.9 Å². The number of carbonyl (C=O) groups excluding carboxylic acids is 1.